The first kappa shape index (κ1) is 14.6. The van der Waals surface area contributed by atoms with Gasteiger partial charge in [-0.15, -0.1) is 0 Å². The lowest BCUT2D eigenvalue weighted by Gasteiger charge is -2.31. The minimum Gasteiger partial charge on any atom is -0.339 e. The molecule has 1 aliphatic carbocycles. The van der Waals surface area contributed by atoms with Gasteiger partial charge in [-0.3, -0.25) is 4.79 Å². The van der Waals surface area contributed by atoms with Gasteiger partial charge < -0.3 is 9.47 Å². The molecule has 1 heterocycles. The van der Waals surface area contributed by atoms with Crippen molar-refractivity contribution in [1.29, 1.82) is 0 Å². The van der Waals surface area contributed by atoms with E-state index in [1.165, 1.54) is 0 Å². The average Bonchev–Trinajstić information content (AvgIpc) is 2.99. The van der Waals surface area contributed by atoms with Crippen LogP contribution in [0.2, 0.25) is 0 Å². The quantitative estimate of drug-likeness (QED) is 0.827. The summed E-state index contributed by atoms with van der Waals surface area (Å²) < 4.78 is 12.8. The van der Waals surface area contributed by atoms with Crippen LogP contribution in [-0.2, 0) is 14.3 Å². The molecule has 1 aliphatic heterocycles. The minimum absolute atomic E-state index is 0.133. The van der Waals surface area contributed by atoms with E-state index >= 15 is 0 Å². The molecule has 0 aromatic heterocycles. The normalized spacial score (nSPS) is 26.5. The fourth-order valence-electron chi connectivity index (χ4n) is 3.53. The number of hydrogen-bond donors (Lipinski definition) is 0. The van der Waals surface area contributed by atoms with Crippen LogP contribution in [0.1, 0.15) is 49.0 Å². The third kappa shape index (κ3) is 2.82. The molecule has 0 unspecified atom stereocenters. The molecule has 2 aromatic rings. The Morgan fingerprint density at radius 3 is 1.61 bits per heavy atom. The topological polar surface area (TPSA) is 35.5 Å². The summed E-state index contributed by atoms with van der Waals surface area (Å²) in [7, 11) is 0. The second-order valence-electron chi connectivity index (χ2n) is 6.35. The minimum atomic E-state index is -0.616. The van der Waals surface area contributed by atoms with Gasteiger partial charge in [0.1, 0.15) is 18.0 Å². The van der Waals surface area contributed by atoms with Crippen molar-refractivity contribution in [2.75, 3.05) is 0 Å². The molecule has 3 heteroatoms. The van der Waals surface area contributed by atoms with Gasteiger partial charge in [-0.2, -0.15) is 0 Å². The highest BCUT2D eigenvalue weighted by molar-refractivity contribution is 5.79. The van der Waals surface area contributed by atoms with Gasteiger partial charge >= 0.3 is 0 Å². The molecule has 2 aromatic carbocycles. The van der Waals surface area contributed by atoms with Gasteiger partial charge in [0, 0.05) is 25.7 Å². The standard InChI is InChI=1S/C20H20O3/c21-17-11-13-20(14-12-17)22-18(15-7-3-1-4-8-15)19(23-20)16-9-5-2-6-10-16/h1-10,18-19H,11-14H2/t18-,19-/m0/s1. The Morgan fingerprint density at radius 1 is 0.739 bits per heavy atom. The molecule has 2 atom stereocenters. The Balaban J connectivity index is 1.68. The molecule has 2 fully saturated rings. The van der Waals surface area contributed by atoms with Crippen molar-refractivity contribution >= 4 is 5.78 Å². The van der Waals surface area contributed by atoms with Crippen LogP contribution in [0.4, 0.5) is 0 Å². The molecule has 118 valence electrons. The Bertz CT molecular complexity index is 621. The molecule has 1 spiro atoms. The fourth-order valence-corrected chi connectivity index (χ4v) is 3.53. The van der Waals surface area contributed by atoms with E-state index in [2.05, 4.69) is 24.3 Å². The predicted molar refractivity (Wildman–Crippen MR) is 86.7 cm³/mol. The van der Waals surface area contributed by atoms with E-state index in [1.807, 2.05) is 36.4 Å². The lowest BCUT2D eigenvalue weighted by molar-refractivity contribution is -0.196. The van der Waals surface area contributed by atoms with Crippen LogP contribution in [0, 0.1) is 0 Å². The maximum absolute atomic E-state index is 11.6. The molecular formula is C20H20O3. The molecule has 23 heavy (non-hydrogen) atoms. The van der Waals surface area contributed by atoms with E-state index in [0.29, 0.717) is 31.5 Å². The average molecular weight is 308 g/mol. The van der Waals surface area contributed by atoms with Crippen molar-refractivity contribution in [1.82, 2.24) is 0 Å². The van der Waals surface area contributed by atoms with Crippen LogP contribution in [0.15, 0.2) is 60.7 Å². The Morgan fingerprint density at radius 2 is 1.17 bits per heavy atom. The van der Waals surface area contributed by atoms with Gasteiger partial charge in [0.25, 0.3) is 0 Å². The van der Waals surface area contributed by atoms with Crippen molar-refractivity contribution in [2.45, 2.75) is 43.7 Å². The molecule has 0 radical (unpaired) electrons. The smallest absolute Gasteiger partial charge is 0.171 e. The molecular weight excluding hydrogens is 288 g/mol. The lowest BCUT2D eigenvalue weighted by Crippen LogP contribution is -2.35. The third-order valence-electron chi connectivity index (χ3n) is 4.78. The van der Waals surface area contributed by atoms with Crippen molar-refractivity contribution in [3.63, 3.8) is 0 Å². The van der Waals surface area contributed by atoms with Crippen molar-refractivity contribution in [3.8, 4) is 0 Å². The van der Waals surface area contributed by atoms with Gasteiger partial charge in [0.15, 0.2) is 5.79 Å². The molecule has 0 amide bonds. The summed E-state index contributed by atoms with van der Waals surface area (Å²) in [6.45, 7) is 0. The number of ether oxygens (including phenoxy) is 2. The number of carbonyl (C=O) groups excluding carboxylic acids is 1. The van der Waals surface area contributed by atoms with Gasteiger partial charge in [-0.25, -0.2) is 0 Å². The van der Waals surface area contributed by atoms with E-state index in [0.717, 1.165) is 11.1 Å². The largest absolute Gasteiger partial charge is 0.339 e. The Hall–Kier alpha value is -1.97. The molecule has 0 bridgehead atoms. The zero-order valence-corrected chi connectivity index (χ0v) is 13.0. The second-order valence-corrected chi connectivity index (χ2v) is 6.35. The van der Waals surface area contributed by atoms with Crippen LogP contribution in [-0.4, -0.2) is 11.6 Å². The molecule has 4 rings (SSSR count). The highest BCUT2D eigenvalue weighted by atomic mass is 16.8. The van der Waals surface area contributed by atoms with Crippen LogP contribution in [0.5, 0.6) is 0 Å². The van der Waals surface area contributed by atoms with Crippen molar-refractivity contribution in [2.24, 2.45) is 0 Å². The molecule has 2 aliphatic rings. The summed E-state index contributed by atoms with van der Waals surface area (Å²) in [5, 5.41) is 0. The monoisotopic (exact) mass is 308 g/mol. The summed E-state index contributed by atoms with van der Waals surface area (Å²) in [6, 6.07) is 20.4. The summed E-state index contributed by atoms with van der Waals surface area (Å²) in [5.41, 5.74) is 2.24. The number of benzene rings is 2. The fraction of sp³-hybridized carbons (Fsp3) is 0.350. The van der Waals surface area contributed by atoms with E-state index < -0.39 is 5.79 Å². The number of Topliss-reactive ketones (excluding diaryl/α,β-unsaturated/α-hetero) is 1. The molecule has 1 saturated heterocycles. The van der Waals surface area contributed by atoms with Crippen molar-refractivity contribution in [3.05, 3.63) is 71.8 Å². The molecule has 3 nitrogen and oxygen atoms in total. The van der Waals surface area contributed by atoms with Gasteiger partial charge in [-0.05, 0) is 11.1 Å². The van der Waals surface area contributed by atoms with Crippen LogP contribution in [0.25, 0.3) is 0 Å². The summed E-state index contributed by atoms with van der Waals surface area (Å²) >= 11 is 0. The predicted octanol–water partition coefficient (Wildman–Crippen LogP) is 4.36. The summed E-state index contributed by atoms with van der Waals surface area (Å²) in [6.07, 6.45) is 2.13. The van der Waals surface area contributed by atoms with E-state index in [-0.39, 0.29) is 12.2 Å². The van der Waals surface area contributed by atoms with E-state index in [4.69, 9.17) is 9.47 Å². The Labute approximate surface area is 136 Å². The summed E-state index contributed by atoms with van der Waals surface area (Å²) in [5.74, 6) is -0.309. The maximum atomic E-state index is 11.6. The SMILES string of the molecule is O=C1CCC2(CC1)O[C@@H](c1ccccc1)[C@H](c1ccccc1)O2. The van der Waals surface area contributed by atoms with E-state index in [1.54, 1.807) is 0 Å². The molecule has 1 saturated carbocycles. The highest BCUT2D eigenvalue weighted by Gasteiger charge is 2.50. The van der Waals surface area contributed by atoms with Gasteiger partial charge in [0.2, 0.25) is 0 Å². The van der Waals surface area contributed by atoms with Crippen LogP contribution >= 0.6 is 0 Å². The first-order chi connectivity index (χ1) is 11.3. The molecule has 0 N–H and O–H groups in total. The maximum Gasteiger partial charge on any atom is 0.171 e. The zero-order chi connectivity index (χ0) is 15.7. The highest BCUT2D eigenvalue weighted by Crippen LogP contribution is 2.51. The first-order valence-electron chi connectivity index (χ1n) is 8.23. The number of carbonyl (C=O) groups is 1. The van der Waals surface area contributed by atoms with Crippen LogP contribution in [0.3, 0.4) is 0 Å². The Kier molecular flexibility index (Phi) is 3.76. The van der Waals surface area contributed by atoms with Gasteiger partial charge in [0.05, 0.1) is 0 Å². The van der Waals surface area contributed by atoms with Crippen molar-refractivity contribution < 1.29 is 14.3 Å². The number of rotatable bonds is 2. The van der Waals surface area contributed by atoms with E-state index in [9.17, 15) is 4.79 Å². The first-order valence-corrected chi connectivity index (χ1v) is 8.23. The lowest BCUT2D eigenvalue weighted by atomic mass is 9.93. The zero-order valence-electron chi connectivity index (χ0n) is 13.0. The number of ketones is 1. The summed E-state index contributed by atoms with van der Waals surface area (Å²) in [4.78, 5) is 11.6. The second kappa shape index (κ2) is 5.91. The number of hydrogen-bond acceptors (Lipinski definition) is 3. The van der Waals surface area contributed by atoms with Crippen LogP contribution < -0.4 is 0 Å². The third-order valence-corrected chi connectivity index (χ3v) is 4.78. The van der Waals surface area contributed by atoms with Gasteiger partial charge in [-0.1, -0.05) is 60.7 Å².